The van der Waals surface area contributed by atoms with Gasteiger partial charge in [-0.25, -0.2) is 4.39 Å². The Labute approximate surface area is 58.0 Å². The summed E-state index contributed by atoms with van der Waals surface area (Å²) < 4.78 is 76.3. The molecule has 0 saturated carbocycles. The van der Waals surface area contributed by atoms with E-state index in [9.17, 15) is 30.7 Å². The largest absolute Gasteiger partial charge is 0.428 e. The van der Waals surface area contributed by atoms with E-state index in [2.05, 4.69) is 0 Å². The standard InChI is InChI=1S/C3HF7.CH4/c4-1(2(5,6)7)3(8,9)10;/h1H;1H4. The van der Waals surface area contributed by atoms with Crippen molar-refractivity contribution in [2.24, 2.45) is 0 Å². The van der Waals surface area contributed by atoms with E-state index in [1.54, 1.807) is 0 Å². The summed E-state index contributed by atoms with van der Waals surface area (Å²) in [5.74, 6) is 0. The molecule has 0 N–H and O–H groups in total. The van der Waals surface area contributed by atoms with Gasteiger partial charge in [-0.15, -0.1) is 0 Å². The summed E-state index contributed by atoms with van der Waals surface area (Å²) in [7, 11) is 0. The molecule has 0 nitrogen and oxygen atoms in total. The van der Waals surface area contributed by atoms with Crippen LogP contribution < -0.4 is 0 Å². The van der Waals surface area contributed by atoms with Crippen LogP contribution in [0.1, 0.15) is 7.43 Å². The smallest absolute Gasteiger partial charge is 0.227 e. The van der Waals surface area contributed by atoms with Crippen LogP contribution >= 0.6 is 0 Å². The molecule has 0 heterocycles. The van der Waals surface area contributed by atoms with Gasteiger partial charge in [0, 0.05) is 0 Å². The molecule has 70 valence electrons. The normalized spacial score (nSPS) is 13.1. The molecule has 0 aromatic heterocycles. The van der Waals surface area contributed by atoms with Gasteiger partial charge >= 0.3 is 12.4 Å². The monoisotopic (exact) mass is 186 g/mol. The highest BCUT2D eigenvalue weighted by molar-refractivity contribution is 4.73. The lowest BCUT2D eigenvalue weighted by molar-refractivity contribution is -0.285. The van der Waals surface area contributed by atoms with Crippen molar-refractivity contribution in [3.05, 3.63) is 0 Å². The highest BCUT2D eigenvalue weighted by Crippen LogP contribution is 2.35. The minimum Gasteiger partial charge on any atom is -0.227 e. The number of rotatable bonds is 0. The van der Waals surface area contributed by atoms with Crippen LogP contribution in [0.4, 0.5) is 30.7 Å². The van der Waals surface area contributed by atoms with Gasteiger partial charge in [-0.2, -0.15) is 26.3 Å². The molecular formula is C4H5F7. The van der Waals surface area contributed by atoms with Crippen LogP contribution in [0.2, 0.25) is 0 Å². The fourth-order valence-corrected chi connectivity index (χ4v) is 0.186. The zero-order valence-electron chi connectivity index (χ0n) is 4.22. The summed E-state index contributed by atoms with van der Waals surface area (Å²) in [4.78, 5) is 0. The maximum atomic E-state index is 11.2. The van der Waals surface area contributed by atoms with E-state index in [-0.39, 0.29) is 7.43 Å². The fraction of sp³-hybridized carbons (Fsp3) is 1.00. The highest BCUT2D eigenvalue weighted by Gasteiger charge is 2.57. The zero-order valence-corrected chi connectivity index (χ0v) is 4.22. The molecule has 0 spiro atoms. The molecule has 0 saturated heterocycles. The van der Waals surface area contributed by atoms with E-state index in [0.29, 0.717) is 0 Å². The quantitative estimate of drug-likeness (QED) is 0.510. The lowest BCUT2D eigenvalue weighted by Gasteiger charge is -2.14. The lowest BCUT2D eigenvalue weighted by Crippen LogP contribution is -2.38. The van der Waals surface area contributed by atoms with Crippen molar-refractivity contribution < 1.29 is 30.7 Å². The summed E-state index contributed by atoms with van der Waals surface area (Å²) in [6, 6.07) is 0. The van der Waals surface area contributed by atoms with E-state index in [0.717, 1.165) is 0 Å². The molecular weight excluding hydrogens is 181 g/mol. The van der Waals surface area contributed by atoms with Gasteiger partial charge in [0.2, 0.25) is 0 Å². The summed E-state index contributed by atoms with van der Waals surface area (Å²) in [5, 5.41) is 0. The molecule has 0 aliphatic heterocycles. The van der Waals surface area contributed by atoms with E-state index in [1.807, 2.05) is 0 Å². The number of alkyl halides is 7. The summed E-state index contributed by atoms with van der Waals surface area (Å²) >= 11 is 0. The average Bonchev–Trinajstić information content (AvgIpc) is 1.59. The van der Waals surface area contributed by atoms with Crippen LogP contribution in [-0.2, 0) is 0 Å². The third-order valence-electron chi connectivity index (χ3n) is 0.575. The Hall–Kier alpha value is -0.490. The summed E-state index contributed by atoms with van der Waals surface area (Å²) in [5.41, 5.74) is 0. The highest BCUT2D eigenvalue weighted by atomic mass is 19.4. The predicted molar refractivity (Wildman–Crippen MR) is 23.7 cm³/mol. The summed E-state index contributed by atoms with van der Waals surface area (Å²) in [6.45, 7) is 0. The fourth-order valence-electron chi connectivity index (χ4n) is 0.186. The number of hydrogen-bond donors (Lipinski definition) is 0. The molecule has 0 fully saturated rings. The zero-order chi connectivity index (χ0) is 8.58. The molecule has 0 amide bonds. The Morgan fingerprint density at radius 2 is 0.909 bits per heavy atom. The molecule has 0 aliphatic carbocycles. The van der Waals surface area contributed by atoms with E-state index < -0.39 is 18.5 Å². The molecule has 0 aromatic carbocycles. The third-order valence-corrected chi connectivity index (χ3v) is 0.575. The minimum atomic E-state index is -5.85. The predicted octanol–water partition coefficient (Wildman–Crippen LogP) is 3.09. The van der Waals surface area contributed by atoms with Crippen LogP contribution in [0, 0.1) is 0 Å². The van der Waals surface area contributed by atoms with Gasteiger partial charge in [-0.3, -0.25) is 0 Å². The van der Waals surface area contributed by atoms with Crippen LogP contribution in [0.5, 0.6) is 0 Å². The molecule has 0 rings (SSSR count). The molecule has 0 aromatic rings. The molecule has 0 bridgehead atoms. The van der Waals surface area contributed by atoms with Gasteiger partial charge in [0.1, 0.15) is 0 Å². The van der Waals surface area contributed by atoms with Gasteiger partial charge in [-0.05, 0) is 0 Å². The first kappa shape index (κ1) is 13.1. The Balaban J connectivity index is 0. The van der Waals surface area contributed by atoms with Gasteiger partial charge in [0.05, 0.1) is 0 Å². The molecule has 11 heavy (non-hydrogen) atoms. The first-order valence-electron chi connectivity index (χ1n) is 1.93. The second-order valence-electron chi connectivity index (χ2n) is 1.45. The third kappa shape index (κ3) is 4.05. The second kappa shape index (κ2) is 3.27. The molecule has 0 atom stereocenters. The van der Waals surface area contributed by atoms with Crippen molar-refractivity contribution in [2.45, 2.75) is 26.0 Å². The molecule has 7 heteroatoms. The van der Waals surface area contributed by atoms with Gasteiger partial charge < -0.3 is 0 Å². The SMILES string of the molecule is C.FC(C(F)(F)F)C(F)(F)F. The molecule has 0 radical (unpaired) electrons. The van der Waals surface area contributed by atoms with Crippen LogP contribution in [0.15, 0.2) is 0 Å². The average molecular weight is 186 g/mol. The maximum Gasteiger partial charge on any atom is 0.428 e. The van der Waals surface area contributed by atoms with Gasteiger partial charge in [0.25, 0.3) is 6.17 Å². The van der Waals surface area contributed by atoms with E-state index in [4.69, 9.17) is 0 Å². The minimum absolute atomic E-state index is 0. The van der Waals surface area contributed by atoms with E-state index >= 15 is 0 Å². The van der Waals surface area contributed by atoms with Crippen molar-refractivity contribution in [1.82, 2.24) is 0 Å². The Kier molecular flexibility index (Phi) is 3.90. The van der Waals surface area contributed by atoms with E-state index in [1.165, 1.54) is 0 Å². The Morgan fingerprint density at radius 1 is 0.727 bits per heavy atom. The maximum absolute atomic E-state index is 11.2. The molecule has 0 unspecified atom stereocenters. The van der Waals surface area contributed by atoms with Crippen molar-refractivity contribution in [1.29, 1.82) is 0 Å². The van der Waals surface area contributed by atoms with Crippen molar-refractivity contribution in [3.63, 3.8) is 0 Å². The van der Waals surface area contributed by atoms with Crippen LogP contribution in [0.3, 0.4) is 0 Å². The van der Waals surface area contributed by atoms with Gasteiger partial charge in [-0.1, -0.05) is 7.43 Å². The topological polar surface area (TPSA) is 0 Å². The molecule has 0 aliphatic rings. The Bertz CT molecular complexity index is 94.6. The van der Waals surface area contributed by atoms with Crippen molar-refractivity contribution >= 4 is 0 Å². The van der Waals surface area contributed by atoms with Gasteiger partial charge in [0.15, 0.2) is 0 Å². The Morgan fingerprint density at radius 3 is 0.909 bits per heavy atom. The first-order chi connectivity index (χ1) is 4.15. The number of hydrogen-bond acceptors (Lipinski definition) is 0. The van der Waals surface area contributed by atoms with Crippen molar-refractivity contribution in [2.75, 3.05) is 0 Å². The lowest BCUT2D eigenvalue weighted by atomic mass is 10.4. The summed E-state index contributed by atoms with van der Waals surface area (Å²) in [6.07, 6.45) is -16.4. The number of halogens is 7. The van der Waals surface area contributed by atoms with Crippen molar-refractivity contribution in [3.8, 4) is 0 Å². The van der Waals surface area contributed by atoms with Crippen LogP contribution in [0.25, 0.3) is 0 Å². The van der Waals surface area contributed by atoms with Crippen LogP contribution in [-0.4, -0.2) is 18.5 Å². The first-order valence-corrected chi connectivity index (χ1v) is 1.93. The second-order valence-corrected chi connectivity index (χ2v) is 1.45.